The van der Waals surface area contributed by atoms with Gasteiger partial charge in [-0.05, 0) is 12.1 Å². The number of esters is 2. The largest absolute Gasteiger partial charge is 0.466 e. The summed E-state index contributed by atoms with van der Waals surface area (Å²) in [4.78, 5) is 22.8. The average molecular weight is 259 g/mol. The van der Waals surface area contributed by atoms with Crippen LogP contribution in [-0.2, 0) is 19.1 Å². The summed E-state index contributed by atoms with van der Waals surface area (Å²) in [6.07, 6.45) is 6.34. The second-order valence-electron chi connectivity index (χ2n) is 3.39. The summed E-state index contributed by atoms with van der Waals surface area (Å²) in [7, 11) is 2.42. The van der Waals surface area contributed by atoms with E-state index < -0.39 is 11.9 Å². The SMILES string of the molecule is C#Cc1ccccc1N/C(=C/C(=O)OC)C(=O)OC. The molecule has 0 saturated carbocycles. The third-order valence-corrected chi connectivity index (χ3v) is 2.22. The number of hydrogen-bond acceptors (Lipinski definition) is 5. The zero-order valence-electron chi connectivity index (χ0n) is 10.6. The van der Waals surface area contributed by atoms with Crippen LogP contribution >= 0.6 is 0 Å². The summed E-state index contributed by atoms with van der Waals surface area (Å²) in [5, 5.41) is 2.76. The molecule has 1 N–H and O–H groups in total. The van der Waals surface area contributed by atoms with Crippen molar-refractivity contribution in [3.8, 4) is 12.3 Å². The van der Waals surface area contributed by atoms with Crippen molar-refractivity contribution in [3.63, 3.8) is 0 Å². The topological polar surface area (TPSA) is 64.6 Å². The Morgan fingerprint density at radius 1 is 1.26 bits per heavy atom. The van der Waals surface area contributed by atoms with Crippen LogP contribution in [0.3, 0.4) is 0 Å². The first-order valence-electron chi connectivity index (χ1n) is 5.33. The Morgan fingerprint density at radius 3 is 2.53 bits per heavy atom. The van der Waals surface area contributed by atoms with Crippen LogP contribution in [0.4, 0.5) is 5.69 Å². The zero-order valence-corrected chi connectivity index (χ0v) is 10.6. The number of methoxy groups -OCH3 is 2. The summed E-state index contributed by atoms with van der Waals surface area (Å²) in [5.41, 5.74) is 1.02. The van der Waals surface area contributed by atoms with Gasteiger partial charge in [-0.2, -0.15) is 0 Å². The van der Waals surface area contributed by atoms with Crippen molar-refractivity contribution in [2.45, 2.75) is 0 Å². The van der Waals surface area contributed by atoms with Gasteiger partial charge in [0.15, 0.2) is 0 Å². The number of carbonyl (C=O) groups excluding carboxylic acids is 2. The number of nitrogens with one attached hydrogen (secondary N) is 1. The van der Waals surface area contributed by atoms with E-state index in [2.05, 4.69) is 20.7 Å². The van der Waals surface area contributed by atoms with E-state index in [-0.39, 0.29) is 5.70 Å². The van der Waals surface area contributed by atoms with Gasteiger partial charge in [0.05, 0.1) is 26.0 Å². The summed E-state index contributed by atoms with van der Waals surface area (Å²) >= 11 is 0. The van der Waals surface area contributed by atoms with E-state index in [9.17, 15) is 9.59 Å². The number of terminal acetylenes is 1. The highest BCUT2D eigenvalue weighted by Crippen LogP contribution is 2.16. The highest BCUT2D eigenvalue weighted by atomic mass is 16.5. The third kappa shape index (κ3) is 3.89. The van der Waals surface area contributed by atoms with Gasteiger partial charge in [-0.15, -0.1) is 6.42 Å². The number of anilines is 1. The fraction of sp³-hybridized carbons (Fsp3) is 0.143. The molecule has 0 aliphatic heterocycles. The summed E-state index contributed by atoms with van der Waals surface area (Å²) in [6.45, 7) is 0. The normalized spacial score (nSPS) is 10.3. The minimum Gasteiger partial charge on any atom is -0.466 e. The molecule has 98 valence electrons. The van der Waals surface area contributed by atoms with E-state index in [1.165, 1.54) is 14.2 Å². The van der Waals surface area contributed by atoms with Gasteiger partial charge in [-0.3, -0.25) is 0 Å². The maximum Gasteiger partial charge on any atom is 0.354 e. The van der Waals surface area contributed by atoms with E-state index in [0.717, 1.165) is 6.08 Å². The third-order valence-electron chi connectivity index (χ3n) is 2.22. The Balaban J connectivity index is 3.08. The molecule has 1 aromatic rings. The molecule has 5 nitrogen and oxygen atoms in total. The van der Waals surface area contributed by atoms with Crippen LogP contribution in [0.5, 0.6) is 0 Å². The van der Waals surface area contributed by atoms with E-state index >= 15 is 0 Å². The molecule has 1 aromatic carbocycles. The van der Waals surface area contributed by atoms with E-state index in [0.29, 0.717) is 11.3 Å². The monoisotopic (exact) mass is 259 g/mol. The Bertz CT molecular complexity index is 555. The number of para-hydroxylation sites is 1. The number of rotatable bonds is 4. The van der Waals surface area contributed by atoms with E-state index in [4.69, 9.17) is 6.42 Å². The molecule has 0 atom stereocenters. The van der Waals surface area contributed by atoms with Crippen molar-refractivity contribution in [1.82, 2.24) is 0 Å². The molecular formula is C14H13NO4. The van der Waals surface area contributed by atoms with Gasteiger partial charge in [-0.1, -0.05) is 18.1 Å². The Kier molecular flexibility index (Phi) is 5.17. The standard InChI is InChI=1S/C14H13NO4/c1-4-10-7-5-6-8-11(10)15-12(14(17)19-3)9-13(16)18-2/h1,5-9,15H,2-3H3/b12-9+. The van der Waals surface area contributed by atoms with Crippen molar-refractivity contribution in [2.24, 2.45) is 0 Å². The molecule has 19 heavy (non-hydrogen) atoms. The van der Waals surface area contributed by atoms with E-state index in [1.807, 2.05) is 0 Å². The highest BCUT2D eigenvalue weighted by Gasteiger charge is 2.13. The molecule has 0 aliphatic carbocycles. The quantitative estimate of drug-likeness (QED) is 0.502. The highest BCUT2D eigenvalue weighted by molar-refractivity contribution is 5.99. The summed E-state index contributed by atoms with van der Waals surface area (Å²) < 4.78 is 9.04. The maximum atomic E-state index is 11.6. The summed E-state index contributed by atoms with van der Waals surface area (Å²) in [5.74, 6) is 1.10. The van der Waals surface area contributed by atoms with E-state index in [1.54, 1.807) is 24.3 Å². The lowest BCUT2D eigenvalue weighted by molar-refractivity contribution is -0.138. The number of benzene rings is 1. The fourth-order valence-corrected chi connectivity index (χ4v) is 1.30. The Morgan fingerprint density at radius 2 is 1.95 bits per heavy atom. The average Bonchev–Trinajstić information content (AvgIpc) is 2.45. The Labute approximate surface area is 111 Å². The molecule has 0 unspecified atom stereocenters. The molecule has 0 aliphatic rings. The first-order valence-corrected chi connectivity index (χ1v) is 5.33. The lowest BCUT2D eigenvalue weighted by Gasteiger charge is -2.10. The second-order valence-corrected chi connectivity index (χ2v) is 3.39. The molecule has 0 radical (unpaired) electrons. The number of hydrogen-bond donors (Lipinski definition) is 1. The maximum absolute atomic E-state index is 11.6. The van der Waals surface area contributed by atoms with Crippen molar-refractivity contribution >= 4 is 17.6 Å². The van der Waals surface area contributed by atoms with Crippen LogP contribution in [-0.4, -0.2) is 26.2 Å². The van der Waals surface area contributed by atoms with Gasteiger partial charge < -0.3 is 14.8 Å². The van der Waals surface area contributed by atoms with Gasteiger partial charge in [0.25, 0.3) is 0 Å². The molecular weight excluding hydrogens is 246 g/mol. The predicted molar refractivity (Wildman–Crippen MR) is 70.1 cm³/mol. The van der Waals surface area contributed by atoms with Gasteiger partial charge in [-0.25, -0.2) is 9.59 Å². The lowest BCUT2D eigenvalue weighted by Crippen LogP contribution is -2.16. The van der Waals surface area contributed by atoms with Crippen LogP contribution in [0.2, 0.25) is 0 Å². The van der Waals surface area contributed by atoms with Crippen LogP contribution in [0, 0.1) is 12.3 Å². The molecule has 0 bridgehead atoms. The van der Waals surface area contributed by atoms with Crippen LogP contribution in [0.1, 0.15) is 5.56 Å². The first-order chi connectivity index (χ1) is 9.12. The van der Waals surface area contributed by atoms with Crippen molar-refractivity contribution < 1.29 is 19.1 Å². The van der Waals surface area contributed by atoms with Gasteiger partial charge in [0.1, 0.15) is 5.70 Å². The fourth-order valence-electron chi connectivity index (χ4n) is 1.30. The second kappa shape index (κ2) is 6.87. The zero-order chi connectivity index (χ0) is 14.3. The minimum atomic E-state index is -0.697. The van der Waals surface area contributed by atoms with Crippen molar-refractivity contribution in [3.05, 3.63) is 41.6 Å². The molecule has 0 fully saturated rings. The molecule has 0 aromatic heterocycles. The van der Waals surface area contributed by atoms with Gasteiger partial charge >= 0.3 is 11.9 Å². The van der Waals surface area contributed by atoms with Gasteiger partial charge in [0, 0.05) is 5.56 Å². The van der Waals surface area contributed by atoms with Crippen molar-refractivity contribution in [1.29, 1.82) is 0 Å². The Hall–Kier alpha value is -2.74. The molecule has 0 spiro atoms. The van der Waals surface area contributed by atoms with Crippen LogP contribution in [0.15, 0.2) is 36.0 Å². The van der Waals surface area contributed by atoms with Gasteiger partial charge in [0.2, 0.25) is 0 Å². The predicted octanol–water partition coefficient (Wildman–Crippen LogP) is 1.31. The summed E-state index contributed by atoms with van der Waals surface area (Å²) in [6, 6.07) is 6.90. The molecule has 1 rings (SSSR count). The molecule has 0 amide bonds. The molecule has 5 heteroatoms. The van der Waals surface area contributed by atoms with Crippen LogP contribution < -0.4 is 5.32 Å². The molecule has 0 saturated heterocycles. The molecule has 0 heterocycles. The number of ether oxygens (including phenoxy) is 2. The number of carbonyl (C=O) groups is 2. The lowest BCUT2D eigenvalue weighted by atomic mass is 10.2. The minimum absolute atomic E-state index is 0.0583. The first kappa shape index (κ1) is 14.3. The smallest absolute Gasteiger partial charge is 0.354 e. The van der Waals surface area contributed by atoms with Crippen molar-refractivity contribution in [2.75, 3.05) is 19.5 Å². The van der Waals surface area contributed by atoms with Crippen LogP contribution in [0.25, 0.3) is 0 Å².